The standard InChI is InChI=1S/C10H9S/c1-2-8-3-4-9-6-11-7-10(9)5-8/h3-6H,2H2,1H3. The molecule has 11 heavy (non-hydrogen) atoms. The first-order chi connectivity index (χ1) is 5.40. The lowest BCUT2D eigenvalue weighted by Gasteiger charge is -1.94. The first kappa shape index (κ1) is 6.86. The fraction of sp³-hybridized carbons (Fsp3) is 0.200. The van der Waals surface area contributed by atoms with Crippen molar-refractivity contribution in [3.63, 3.8) is 0 Å². The highest BCUT2D eigenvalue weighted by molar-refractivity contribution is 7.08. The van der Waals surface area contributed by atoms with E-state index in [2.05, 4.69) is 35.9 Å². The molecule has 0 aliphatic rings. The zero-order valence-electron chi connectivity index (χ0n) is 6.42. The molecule has 0 unspecified atom stereocenters. The Hall–Kier alpha value is -0.820. The van der Waals surface area contributed by atoms with Crippen LogP contribution in [-0.4, -0.2) is 0 Å². The van der Waals surface area contributed by atoms with E-state index >= 15 is 0 Å². The monoisotopic (exact) mass is 161 g/mol. The molecular formula is C10H9S. The molecule has 1 radical (unpaired) electrons. The Morgan fingerprint density at radius 3 is 3.18 bits per heavy atom. The summed E-state index contributed by atoms with van der Waals surface area (Å²) in [5.41, 5.74) is 1.40. The molecule has 0 aliphatic heterocycles. The molecular weight excluding hydrogens is 152 g/mol. The highest BCUT2D eigenvalue weighted by Crippen LogP contribution is 2.19. The van der Waals surface area contributed by atoms with Crippen LogP contribution in [-0.2, 0) is 6.42 Å². The minimum atomic E-state index is 1.11. The molecule has 1 aromatic carbocycles. The van der Waals surface area contributed by atoms with Crippen LogP contribution in [0, 0.1) is 5.38 Å². The Morgan fingerprint density at radius 2 is 2.36 bits per heavy atom. The van der Waals surface area contributed by atoms with Crippen molar-refractivity contribution in [2.45, 2.75) is 13.3 Å². The van der Waals surface area contributed by atoms with Crippen molar-refractivity contribution in [2.75, 3.05) is 0 Å². The van der Waals surface area contributed by atoms with E-state index in [9.17, 15) is 0 Å². The highest BCUT2D eigenvalue weighted by Gasteiger charge is 1.94. The van der Waals surface area contributed by atoms with Crippen molar-refractivity contribution in [1.29, 1.82) is 0 Å². The van der Waals surface area contributed by atoms with Gasteiger partial charge in [-0.1, -0.05) is 19.1 Å². The lowest BCUT2D eigenvalue weighted by atomic mass is 10.1. The van der Waals surface area contributed by atoms with Gasteiger partial charge >= 0.3 is 0 Å². The third-order valence-electron chi connectivity index (χ3n) is 1.88. The number of benzene rings is 1. The zero-order valence-corrected chi connectivity index (χ0v) is 7.24. The number of fused-ring (bicyclic) bond motifs is 1. The van der Waals surface area contributed by atoms with Gasteiger partial charge in [0, 0.05) is 5.39 Å². The van der Waals surface area contributed by atoms with Crippen molar-refractivity contribution in [1.82, 2.24) is 0 Å². The topological polar surface area (TPSA) is 0 Å². The molecule has 0 saturated heterocycles. The van der Waals surface area contributed by atoms with E-state index in [1.54, 1.807) is 11.3 Å². The summed E-state index contributed by atoms with van der Waals surface area (Å²) < 4.78 is 0. The molecule has 1 aromatic heterocycles. The Kier molecular flexibility index (Phi) is 1.66. The second-order valence-corrected chi connectivity index (χ2v) is 3.29. The molecule has 0 bridgehead atoms. The van der Waals surface area contributed by atoms with Crippen LogP contribution < -0.4 is 0 Å². The Labute approximate surface area is 70.5 Å². The lowest BCUT2D eigenvalue weighted by molar-refractivity contribution is 1.15. The second kappa shape index (κ2) is 2.67. The van der Waals surface area contributed by atoms with E-state index in [0.717, 1.165) is 6.42 Å². The van der Waals surface area contributed by atoms with Crippen molar-refractivity contribution >= 4 is 22.1 Å². The van der Waals surface area contributed by atoms with Crippen molar-refractivity contribution in [3.8, 4) is 0 Å². The van der Waals surface area contributed by atoms with Gasteiger partial charge in [-0.05, 0) is 28.8 Å². The Morgan fingerprint density at radius 1 is 1.45 bits per heavy atom. The van der Waals surface area contributed by atoms with Crippen molar-refractivity contribution in [2.24, 2.45) is 0 Å². The molecule has 2 aromatic rings. The number of hydrogen-bond acceptors (Lipinski definition) is 1. The van der Waals surface area contributed by atoms with Gasteiger partial charge in [-0.25, -0.2) is 0 Å². The van der Waals surface area contributed by atoms with E-state index in [0.29, 0.717) is 0 Å². The summed E-state index contributed by atoms with van der Waals surface area (Å²) in [5.74, 6) is 0. The van der Waals surface area contributed by atoms with Gasteiger partial charge in [0.2, 0.25) is 0 Å². The summed E-state index contributed by atoms with van der Waals surface area (Å²) in [7, 11) is 0. The SMILES string of the molecule is CCc1ccc2cs[c]c2c1. The van der Waals surface area contributed by atoms with Gasteiger partial charge in [0.15, 0.2) is 0 Å². The third kappa shape index (κ3) is 1.16. The van der Waals surface area contributed by atoms with Crippen LogP contribution in [0.5, 0.6) is 0 Å². The molecule has 0 aliphatic carbocycles. The second-order valence-electron chi connectivity index (χ2n) is 2.61. The van der Waals surface area contributed by atoms with Gasteiger partial charge in [0.05, 0.1) is 5.38 Å². The van der Waals surface area contributed by atoms with Crippen LogP contribution in [0.25, 0.3) is 10.8 Å². The molecule has 0 fully saturated rings. The van der Waals surface area contributed by atoms with E-state index < -0.39 is 0 Å². The Bertz CT molecular complexity index is 360. The van der Waals surface area contributed by atoms with Gasteiger partial charge in [-0.3, -0.25) is 0 Å². The summed E-state index contributed by atoms with van der Waals surface area (Å²) >= 11 is 1.65. The first-order valence-corrected chi connectivity index (χ1v) is 4.66. The normalized spacial score (nSPS) is 10.6. The number of hydrogen-bond donors (Lipinski definition) is 0. The molecule has 0 spiro atoms. The van der Waals surface area contributed by atoms with Crippen molar-refractivity contribution < 1.29 is 0 Å². The predicted octanol–water partition coefficient (Wildman–Crippen LogP) is 3.26. The summed E-state index contributed by atoms with van der Waals surface area (Å²) in [6.45, 7) is 2.17. The van der Waals surface area contributed by atoms with Crippen LogP contribution >= 0.6 is 11.3 Å². The van der Waals surface area contributed by atoms with E-state index in [-0.39, 0.29) is 0 Å². The van der Waals surface area contributed by atoms with Gasteiger partial charge in [0.25, 0.3) is 0 Å². The molecule has 2 rings (SSSR count). The maximum atomic E-state index is 3.24. The first-order valence-electron chi connectivity index (χ1n) is 3.78. The molecule has 55 valence electrons. The van der Waals surface area contributed by atoms with Crippen LogP contribution in [0.2, 0.25) is 0 Å². The van der Waals surface area contributed by atoms with E-state index in [1.807, 2.05) is 0 Å². The molecule has 0 N–H and O–H groups in total. The molecule has 1 heteroatoms. The minimum absolute atomic E-state index is 1.11. The zero-order chi connectivity index (χ0) is 7.68. The van der Waals surface area contributed by atoms with Crippen LogP contribution in [0.4, 0.5) is 0 Å². The predicted molar refractivity (Wildman–Crippen MR) is 50.0 cm³/mol. The van der Waals surface area contributed by atoms with Gasteiger partial charge in [-0.2, -0.15) is 0 Å². The number of thiophene rings is 1. The lowest BCUT2D eigenvalue weighted by Crippen LogP contribution is -1.76. The summed E-state index contributed by atoms with van der Waals surface area (Å²) in [6.07, 6.45) is 1.11. The summed E-state index contributed by atoms with van der Waals surface area (Å²) in [4.78, 5) is 0. The smallest absolute Gasteiger partial charge is 0.0527 e. The number of rotatable bonds is 1. The fourth-order valence-corrected chi connectivity index (χ4v) is 1.87. The number of aryl methyl sites for hydroxylation is 1. The maximum Gasteiger partial charge on any atom is 0.0527 e. The quantitative estimate of drug-likeness (QED) is 0.602. The molecule has 0 amide bonds. The van der Waals surface area contributed by atoms with E-state index in [1.165, 1.54) is 16.3 Å². The molecule has 0 atom stereocenters. The molecule has 1 heterocycles. The van der Waals surface area contributed by atoms with Crippen LogP contribution in [0.3, 0.4) is 0 Å². The minimum Gasteiger partial charge on any atom is -0.142 e. The van der Waals surface area contributed by atoms with Gasteiger partial charge < -0.3 is 0 Å². The molecule has 0 saturated carbocycles. The fourth-order valence-electron chi connectivity index (χ4n) is 1.17. The summed E-state index contributed by atoms with van der Waals surface area (Å²) in [6, 6.07) is 6.57. The molecule has 0 nitrogen and oxygen atoms in total. The summed E-state index contributed by atoms with van der Waals surface area (Å²) in [5, 5.41) is 7.94. The van der Waals surface area contributed by atoms with E-state index in [4.69, 9.17) is 0 Å². The average molecular weight is 161 g/mol. The maximum absolute atomic E-state index is 3.24. The van der Waals surface area contributed by atoms with Gasteiger partial charge in [0.1, 0.15) is 0 Å². The van der Waals surface area contributed by atoms with Crippen LogP contribution in [0.1, 0.15) is 12.5 Å². The van der Waals surface area contributed by atoms with Crippen LogP contribution in [0.15, 0.2) is 23.6 Å². The Balaban J connectivity index is 2.67. The largest absolute Gasteiger partial charge is 0.142 e. The highest BCUT2D eigenvalue weighted by atomic mass is 32.1. The third-order valence-corrected chi connectivity index (χ3v) is 2.59. The average Bonchev–Trinajstić information content (AvgIpc) is 2.50. The van der Waals surface area contributed by atoms with Crippen molar-refractivity contribution in [3.05, 3.63) is 34.5 Å². The van der Waals surface area contributed by atoms with Gasteiger partial charge in [-0.15, -0.1) is 11.3 Å².